The first-order valence-corrected chi connectivity index (χ1v) is 6.72. The van der Waals surface area contributed by atoms with Crippen LogP contribution >= 0.6 is 22.6 Å². The van der Waals surface area contributed by atoms with Crippen LogP contribution in [0.25, 0.3) is 3.58 Å². The van der Waals surface area contributed by atoms with Crippen LogP contribution in [-0.2, 0) is 0 Å². The zero-order valence-electron chi connectivity index (χ0n) is 10.5. The minimum Gasteiger partial charge on any atom is -0.490 e. The van der Waals surface area contributed by atoms with Crippen molar-refractivity contribution < 1.29 is 4.74 Å². The van der Waals surface area contributed by atoms with Gasteiger partial charge in [0.15, 0.2) is 0 Å². The van der Waals surface area contributed by atoms with Gasteiger partial charge < -0.3 is 21.6 Å². The highest BCUT2D eigenvalue weighted by Gasteiger charge is 2.13. The Bertz CT molecular complexity index is 457. The van der Waals surface area contributed by atoms with E-state index in [1.54, 1.807) is 0 Å². The van der Waals surface area contributed by atoms with Crippen LogP contribution in [-0.4, -0.2) is 18.4 Å². The van der Waals surface area contributed by atoms with Crippen LogP contribution in [0.15, 0.2) is 30.0 Å². The molecule has 0 radical (unpaired) electrons. The van der Waals surface area contributed by atoms with Crippen molar-refractivity contribution in [3.05, 3.63) is 35.5 Å². The van der Waals surface area contributed by atoms with Crippen molar-refractivity contribution in [2.45, 2.75) is 26.0 Å². The minimum absolute atomic E-state index is 0.0907. The van der Waals surface area contributed by atoms with E-state index >= 15 is 0 Å². The Labute approximate surface area is 121 Å². The maximum atomic E-state index is 7.16. The summed E-state index contributed by atoms with van der Waals surface area (Å²) in [5.74, 6) is 0.775. The smallest absolute Gasteiger partial charge is 0.128 e. The maximum absolute atomic E-state index is 7.16. The zero-order valence-corrected chi connectivity index (χ0v) is 12.6. The molecule has 1 aromatic rings. The molecule has 0 saturated carbocycles. The average molecular weight is 359 g/mol. The van der Waals surface area contributed by atoms with E-state index in [1.165, 1.54) is 0 Å². The number of nitrogens with one attached hydrogen (secondary N) is 1. The molecule has 0 unspecified atom stereocenters. The van der Waals surface area contributed by atoms with Crippen molar-refractivity contribution in [1.29, 1.82) is 5.41 Å². The van der Waals surface area contributed by atoms with E-state index < -0.39 is 6.04 Å². The molecule has 5 N–H and O–H groups in total. The lowest BCUT2D eigenvalue weighted by atomic mass is 10.1. The molecule has 0 aliphatic rings. The van der Waals surface area contributed by atoms with Crippen LogP contribution in [0.2, 0.25) is 0 Å². The van der Waals surface area contributed by atoms with Gasteiger partial charge in [0, 0.05) is 21.1 Å². The molecule has 0 saturated heterocycles. The summed E-state index contributed by atoms with van der Waals surface area (Å²) in [6.07, 6.45) is 1.22. The average Bonchev–Trinajstić information content (AvgIpc) is 2.36. The first-order chi connectivity index (χ1) is 8.47. The van der Waals surface area contributed by atoms with Gasteiger partial charge in [-0.3, -0.25) is 0 Å². The summed E-state index contributed by atoms with van der Waals surface area (Å²) in [6.45, 7) is 3.94. The predicted octanol–water partition coefficient (Wildman–Crippen LogP) is 2.51. The fourth-order valence-electron chi connectivity index (χ4n) is 1.40. The molecule has 0 fully saturated rings. The van der Waals surface area contributed by atoms with Gasteiger partial charge in [-0.15, -0.1) is 0 Å². The molecular formula is C13H18IN3O. The van der Waals surface area contributed by atoms with Crippen LogP contribution in [0.5, 0.6) is 5.75 Å². The molecule has 1 atom stereocenters. The van der Waals surface area contributed by atoms with Crippen LogP contribution in [0.4, 0.5) is 0 Å². The van der Waals surface area contributed by atoms with Gasteiger partial charge in [-0.25, -0.2) is 0 Å². The zero-order chi connectivity index (χ0) is 13.7. The number of hydrogen-bond donors (Lipinski definition) is 3. The number of hydrogen-bond acceptors (Lipinski definition) is 4. The molecule has 0 amide bonds. The van der Waals surface area contributed by atoms with E-state index in [4.69, 9.17) is 21.6 Å². The maximum Gasteiger partial charge on any atom is 0.128 e. The molecular weight excluding hydrogens is 341 g/mol. The second-order valence-corrected chi connectivity index (χ2v) is 5.20. The normalized spacial score (nSPS) is 14.1. The van der Waals surface area contributed by atoms with E-state index in [9.17, 15) is 0 Å². The molecule has 0 spiro atoms. The van der Waals surface area contributed by atoms with Gasteiger partial charge in [-0.2, -0.15) is 0 Å². The number of para-hydroxylation sites is 1. The molecule has 1 aromatic carbocycles. The number of halogens is 1. The Morgan fingerprint density at radius 3 is 2.56 bits per heavy atom. The molecule has 0 aliphatic carbocycles. The number of ether oxygens (including phenoxy) is 1. The van der Waals surface area contributed by atoms with Crippen LogP contribution in [0.1, 0.15) is 19.4 Å². The monoisotopic (exact) mass is 359 g/mol. The summed E-state index contributed by atoms with van der Waals surface area (Å²) in [6, 6.07) is 7.10. The van der Waals surface area contributed by atoms with Crippen molar-refractivity contribution in [1.82, 2.24) is 0 Å². The Hall–Kier alpha value is -1.08. The molecule has 98 valence electrons. The van der Waals surface area contributed by atoms with Gasteiger partial charge in [0.1, 0.15) is 5.75 Å². The summed E-state index contributed by atoms with van der Waals surface area (Å²) in [7, 11) is 0. The Balaban J connectivity index is 3.20. The number of nitrogens with two attached hydrogens (primary N) is 2. The molecule has 0 aromatic heterocycles. The third-order valence-electron chi connectivity index (χ3n) is 2.28. The quantitative estimate of drug-likeness (QED) is 0.558. The van der Waals surface area contributed by atoms with Crippen LogP contribution < -0.4 is 16.2 Å². The molecule has 0 heterocycles. The molecule has 0 aliphatic heterocycles. The lowest BCUT2D eigenvalue weighted by Crippen LogP contribution is -2.29. The summed E-state index contributed by atoms with van der Waals surface area (Å²) >= 11 is 2.14. The second-order valence-electron chi connectivity index (χ2n) is 4.12. The first kappa shape index (κ1) is 15.0. The van der Waals surface area contributed by atoms with Crippen molar-refractivity contribution >= 4 is 32.4 Å². The highest BCUT2D eigenvalue weighted by molar-refractivity contribution is 14.1. The number of benzene rings is 1. The van der Waals surface area contributed by atoms with Crippen LogP contribution in [0.3, 0.4) is 0 Å². The highest BCUT2D eigenvalue weighted by Crippen LogP contribution is 2.32. The largest absolute Gasteiger partial charge is 0.490 e. The van der Waals surface area contributed by atoms with E-state index in [0.717, 1.165) is 21.1 Å². The summed E-state index contributed by atoms with van der Waals surface area (Å²) < 4.78 is 6.56. The van der Waals surface area contributed by atoms with Gasteiger partial charge in [0.05, 0.1) is 12.1 Å². The summed E-state index contributed by atoms with van der Waals surface area (Å²) in [5.41, 5.74) is 13.1. The van der Waals surface area contributed by atoms with E-state index in [-0.39, 0.29) is 6.10 Å². The van der Waals surface area contributed by atoms with Crippen molar-refractivity contribution in [2.24, 2.45) is 11.5 Å². The van der Waals surface area contributed by atoms with Crippen molar-refractivity contribution in [3.63, 3.8) is 0 Å². The molecule has 1 rings (SSSR count). The van der Waals surface area contributed by atoms with Crippen molar-refractivity contribution in [3.8, 4) is 5.75 Å². The molecule has 0 bridgehead atoms. The van der Waals surface area contributed by atoms with Crippen LogP contribution in [0, 0.1) is 5.41 Å². The Morgan fingerprint density at radius 2 is 2.00 bits per heavy atom. The van der Waals surface area contributed by atoms with Gasteiger partial charge in [-0.05, 0) is 42.5 Å². The van der Waals surface area contributed by atoms with Gasteiger partial charge in [0.2, 0.25) is 0 Å². The fraction of sp³-hybridized carbons (Fsp3) is 0.308. The third-order valence-corrected chi connectivity index (χ3v) is 3.48. The molecule has 4 nitrogen and oxygen atoms in total. The fourth-order valence-corrected chi connectivity index (χ4v) is 2.20. The SMILES string of the molecule is CC(C)Oc1ccccc1/C(I)=C(\N)[C@H](N)C=N. The molecule has 5 heteroatoms. The molecule has 18 heavy (non-hydrogen) atoms. The lowest BCUT2D eigenvalue weighted by Gasteiger charge is -2.16. The Morgan fingerprint density at radius 1 is 1.39 bits per heavy atom. The Kier molecular flexibility index (Phi) is 5.61. The first-order valence-electron chi connectivity index (χ1n) is 5.64. The third kappa shape index (κ3) is 3.71. The summed E-state index contributed by atoms with van der Waals surface area (Å²) in [4.78, 5) is 0. The summed E-state index contributed by atoms with van der Waals surface area (Å²) in [5, 5.41) is 7.16. The van der Waals surface area contributed by atoms with Crippen molar-refractivity contribution in [2.75, 3.05) is 0 Å². The van der Waals surface area contributed by atoms with Gasteiger partial charge in [-0.1, -0.05) is 18.2 Å². The van der Waals surface area contributed by atoms with Gasteiger partial charge in [0.25, 0.3) is 0 Å². The highest BCUT2D eigenvalue weighted by atomic mass is 127. The minimum atomic E-state index is -0.566. The topological polar surface area (TPSA) is 85.1 Å². The van der Waals surface area contributed by atoms with E-state index in [2.05, 4.69) is 22.6 Å². The predicted molar refractivity (Wildman–Crippen MR) is 84.1 cm³/mol. The second kappa shape index (κ2) is 6.75. The van der Waals surface area contributed by atoms with Gasteiger partial charge >= 0.3 is 0 Å². The number of rotatable bonds is 5. The lowest BCUT2D eigenvalue weighted by molar-refractivity contribution is 0.242. The standard InChI is InChI=1S/C13H18IN3O/c1-8(2)18-11-6-4-3-5-9(11)12(14)13(17)10(16)7-15/h3-8,10,15H,16-17H2,1-2H3/b13-12+,15-7?/t10-/m1/s1. The van der Waals surface area contributed by atoms with E-state index in [1.807, 2.05) is 38.1 Å². The van der Waals surface area contributed by atoms with E-state index in [0.29, 0.717) is 5.70 Å².